The number of carbonyl (C=O) groups excluding carboxylic acids is 1. The van der Waals surface area contributed by atoms with Gasteiger partial charge < -0.3 is 10.0 Å². The summed E-state index contributed by atoms with van der Waals surface area (Å²) in [6, 6.07) is 6.97. The summed E-state index contributed by atoms with van der Waals surface area (Å²) < 4.78 is 0. The van der Waals surface area contributed by atoms with Gasteiger partial charge in [-0.1, -0.05) is 19.1 Å². The molecule has 1 rings (SSSR count). The van der Waals surface area contributed by atoms with Crippen molar-refractivity contribution in [2.24, 2.45) is 5.92 Å². The van der Waals surface area contributed by atoms with Crippen LogP contribution in [-0.2, 0) is 11.2 Å². The SMILES string of the molecule is C[C@H](Cc1ccc(O)cc1)C(=O)N(C)C. The van der Waals surface area contributed by atoms with Gasteiger partial charge in [-0.05, 0) is 24.1 Å². The Morgan fingerprint density at radius 3 is 2.33 bits per heavy atom. The molecule has 0 aliphatic carbocycles. The summed E-state index contributed by atoms with van der Waals surface area (Å²) in [5.41, 5.74) is 1.07. The molecule has 82 valence electrons. The standard InChI is InChI=1S/C12H17NO2/c1-9(12(15)13(2)3)8-10-4-6-11(14)7-5-10/h4-7,9,14H,8H2,1-3H3/t9-/m1/s1. The average molecular weight is 207 g/mol. The summed E-state index contributed by atoms with van der Waals surface area (Å²) in [5.74, 6) is 0.359. The molecule has 0 fully saturated rings. The first-order valence-electron chi connectivity index (χ1n) is 4.99. The Hall–Kier alpha value is -1.51. The van der Waals surface area contributed by atoms with Crippen molar-refractivity contribution in [3.63, 3.8) is 0 Å². The molecular formula is C12H17NO2. The van der Waals surface area contributed by atoms with Gasteiger partial charge in [0.05, 0.1) is 0 Å². The quantitative estimate of drug-likeness (QED) is 0.818. The predicted molar refractivity (Wildman–Crippen MR) is 59.7 cm³/mol. The van der Waals surface area contributed by atoms with Crippen LogP contribution >= 0.6 is 0 Å². The molecule has 15 heavy (non-hydrogen) atoms. The van der Waals surface area contributed by atoms with Gasteiger partial charge in [-0.15, -0.1) is 0 Å². The maximum Gasteiger partial charge on any atom is 0.225 e. The Labute approximate surface area is 90.3 Å². The van der Waals surface area contributed by atoms with Crippen LogP contribution in [0.3, 0.4) is 0 Å². The molecule has 0 saturated carbocycles. The summed E-state index contributed by atoms with van der Waals surface area (Å²) in [6.45, 7) is 1.91. The number of phenolic OH excluding ortho intramolecular Hbond substituents is 1. The van der Waals surface area contributed by atoms with E-state index in [0.29, 0.717) is 6.42 Å². The smallest absolute Gasteiger partial charge is 0.225 e. The Kier molecular flexibility index (Phi) is 3.72. The second-order valence-corrected chi connectivity index (χ2v) is 4.00. The Bertz CT molecular complexity index is 330. The lowest BCUT2D eigenvalue weighted by Crippen LogP contribution is -2.29. The van der Waals surface area contributed by atoms with Crippen LogP contribution in [0.1, 0.15) is 12.5 Å². The van der Waals surface area contributed by atoms with Crippen LogP contribution in [0.4, 0.5) is 0 Å². The Morgan fingerprint density at radius 2 is 1.87 bits per heavy atom. The number of phenols is 1. The van der Waals surface area contributed by atoms with E-state index in [1.807, 2.05) is 19.1 Å². The van der Waals surface area contributed by atoms with E-state index in [2.05, 4.69) is 0 Å². The van der Waals surface area contributed by atoms with Crippen molar-refractivity contribution < 1.29 is 9.90 Å². The largest absolute Gasteiger partial charge is 0.508 e. The topological polar surface area (TPSA) is 40.5 Å². The molecule has 3 heteroatoms. The molecule has 0 aliphatic heterocycles. The second kappa shape index (κ2) is 4.82. The van der Waals surface area contributed by atoms with E-state index in [1.54, 1.807) is 31.1 Å². The highest BCUT2D eigenvalue weighted by Crippen LogP contribution is 2.14. The third-order valence-corrected chi connectivity index (χ3v) is 2.34. The number of rotatable bonds is 3. The molecule has 0 heterocycles. The van der Waals surface area contributed by atoms with Crippen LogP contribution in [0.5, 0.6) is 5.75 Å². The molecule has 0 unspecified atom stereocenters. The monoisotopic (exact) mass is 207 g/mol. The van der Waals surface area contributed by atoms with Gasteiger partial charge in [-0.3, -0.25) is 4.79 Å². The number of aromatic hydroxyl groups is 1. The van der Waals surface area contributed by atoms with Crippen molar-refractivity contribution in [2.45, 2.75) is 13.3 Å². The first-order chi connectivity index (χ1) is 7.00. The third-order valence-electron chi connectivity index (χ3n) is 2.34. The molecular weight excluding hydrogens is 190 g/mol. The van der Waals surface area contributed by atoms with E-state index in [4.69, 9.17) is 5.11 Å². The van der Waals surface area contributed by atoms with Crippen molar-refractivity contribution >= 4 is 5.91 Å². The highest BCUT2D eigenvalue weighted by Gasteiger charge is 2.14. The van der Waals surface area contributed by atoms with Crippen molar-refractivity contribution in [1.29, 1.82) is 0 Å². The Balaban J connectivity index is 2.62. The molecule has 0 aromatic heterocycles. The summed E-state index contributed by atoms with van der Waals surface area (Å²) >= 11 is 0. The van der Waals surface area contributed by atoms with Gasteiger partial charge in [0, 0.05) is 20.0 Å². The van der Waals surface area contributed by atoms with Gasteiger partial charge >= 0.3 is 0 Å². The molecule has 0 aliphatic rings. The van der Waals surface area contributed by atoms with Crippen LogP contribution in [0, 0.1) is 5.92 Å². The van der Waals surface area contributed by atoms with Crippen LogP contribution in [0.15, 0.2) is 24.3 Å². The van der Waals surface area contributed by atoms with Crippen LogP contribution in [0.25, 0.3) is 0 Å². The zero-order chi connectivity index (χ0) is 11.4. The summed E-state index contributed by atoms with van der Waals surface area (Å²) in [7, 11) is 3.52. The van der Waals surface area contributed by atoms with Crippen molar-refractivity contribution in [3.8, 4) is 5.75 Å². The summed E-state index contributed by atoms with van der Waals surface area (Å²) in [5, 5.41) is 9.11. The van der Waals surface area contributed by atoms with E-state index in [9.17, 15) is 4.79 Å². The molecule has 0 radical (unpaired) electrons. The van der Waals surface area contributed by atoms with Crippen molar-refractivity contribution in [2.75, 3.05) is 14.1 Å². The molecule has 0 bridgehead atoms. The number of carbonyl (C=O) groups is 1. The molecule has 1 aromatic carbocycles. The molecule has 1 N–H and O–H groups in total. The zero-order valence-corrected chi connectivity index (χ0v) is 9.40. The number of amides is 1. The summed E-state index contributed by atoms with van der Waals surface area (Å²) in [6.07, 6.45) is 0.706. The second-order valence-electron chi connectivity index (χ2n) is 4.00. The molecule has 1 atom stereocenters. The molecule has 1 amide bonds. The minimum absolute atomic E-state index is 0.0236. The van der Waals surface area contributed by atoms with Gasteiger partial charge in [0.2, 0.25) is 5.91 Å². The van der Waals surface area contributed by atoms with Crippen LogP contribution in [0.2, 0.25) is 0 Å². The van der Waals surface area contributed by atoms with Crippen molar-refractivity contribution in [3.05, 3.63) is 29.8 Å². The number of hydrogen-bond acceptors (Lipinski definition) is 2. The maximum atomic E-state index is 11.6. The minimum atomic E-state index is -0.0236. The van der Waals surface area contributed by atoms with Gasteiger partial charge in [0.1, 0.15) is 5.75 Å². The lowest BCUT2D eigenvalue weighted by atomic mass is 10.00. The predicted octanol–water partition coefficient (Wildman–Crippen LogP) is 1.66. The van der Waals surface area contributed by atoms with Gasteiger partial charge in [0.15, 0.2) is 0 Å². The fourth-order valence-electron chi connectivity index (χ4n) is 1.51. The van der Waals surface area contributed by atoms with E-state index in [-0.39, 0.29) is 17.6 Å². The Morgan fingerprint density at radius 1 is 1.33 bits per heavy atom. The number of hydrogen-bond donors (Lipinski definition) is 1. The lowest BCUT2D eigenvalue weighted by molar-refractivity contribution is -0.132. The molecule has 1 aromatic rings. The molecule has 0 spiro atoms. The molecule has 3 nitrogen and oxygen atoms in total. The van der Waals surface area contributed by atoms with Gasteiger partial charge in [-0.2, -0.15) is 0 Å². The van der Waals surface area contributed by atoms with E-state index >= 15 is 0 Å². The highest BCUT2D eigenvalue weighted by molar-refractivity contribution is 5.78. The number of nitrogens with zero attached hydrogens (tertiary/aromatic N) is 1. The molecule has 0 saturated heterocycles. The number of benzene rings is 1. The lowest BCUT2D eigenvalue weighted by Gasteiger charge is -2.16. The van der Waals surface area contributed by atoms with Crippen LogP contribution in [-0.4, -0.2) is 30.0 Å². The summed E-state index contributed by atoms with van der Waals surface area (Å²) in [4.78, 5) is 13.2. The third kappa shape index (κ3) is 3.27. The minimum Gasteiger partial charge on any atom is -0.508 e. The normalized spacial score (nSPS) is 12.2. The van der Waals surface area contributed by atoms with E-state index < -0.39 is 0 Å². The first kappa shape index (κ1) is 11.6. The van der Waals surface area contributed by atoms with E-state index in [0.717, 1.165) is 5.56 Å². The van der Waals surface area contributed by atoms with Gasteiger partial charge in [0.25, 0.3) is 0 Å². The maximum absolute atomic E-state index is 11.6. The fraction of sp³-hybridized carbons (Fsp3) is 0.417. The van der Waals surface area contributed by atoms with E-state index in [1.165, 1.54) is 0 Å². The fourth-order valence-corrected chi connectivity index (χ4v) is 1.51. The zero-order valence-electron chi connectivity index (χ0n) is 9.40. The average Bonchev–Trinajstić information content (AvgIpc) is 2.20. The van der Waals surface area contributed by atoms with Gasteiger partial charge in [-0.25, -0.2) is 0 Å². The van der Waals surface area contributed by atoms with Crippen LogP contribution < -0.4 is 0 Å². The highest BCUT2D eigenvalue weighted by atomic mass is 16.3. The first-order valence-corrected chi connectivity index (χ1v) is 4.99. The van der Waals surface area contributed by atoms with Crippen molar-refractivity contribution in [1.82, 2.24) is 4.90 Å².